The van der Waals surface area contributed by atoms with Crippen molar-refractivity contribution in [3.05, 3.63) is 75.9 Å². The zero-order valence-electron chi connectivity index (χ0n) is 26.8. The number of esters is 7. The first-order chi connectivity index (χ1) is 23.1. The Bertz CT molecular complexity index is 1130. The summed E-state index contributed by atoms with van der Waals surface area (Å²) in [6, 6.07) is 0. The van der Waals surface area contributed by atoms with Gasteiger partial charge in [0.15, 0.2) is 0 Å². The van der Waals surface area contributed by atoms with Gasteiger partial charge in [-0.15, -0.1) is 0 Å². The summed E-state index contributed by atoms with van der Waals surface area (Å²) in [6.45, 7) is 16.0. The van der Waals surface area contributed by atoms with Crippen LogP contribution in [-0.2, 0) is 71.5 Å². The monoisotopic (exact) mass is 696 g/mol. The molecule has 0 saturated carbocycles. The highest BCUT2D eigenvalue weighted by Crippen LogP contribution is 2.22. The summed E-state index contributed by atoms with van der Waals surface area (Å²) in [4.78, 5) is 89.7. The molecule has 0 fully saturated rings. The van der Waals surface area contributed by atoms with Crippen LogP contribution < -0.4 is 0 Å². The molecule has 17 nitrogen and oxygen atoms in total. The predicted molar refractivity (Wildman–Crippen MR) is 167 cm³/mol. The van der Waals surface area contributed by atoms with Crippen LogP contribution in [0.15, 0.2) is 75.9 Å². The maximum Gasteiger partial charge on any atom is 0.330 e. The van der Waals surface area contributed by atoms with Gasteiger partial charge in [0.1, 0.15) is 51.7 Å². The van der Waals surface area contributed by atoms with Gasteiger partial charge in [-0.3, -0.25) is 9.59 Å². The van der Waals surface area contributed by atoms with Crippen LogP contribution in [0.25, 0.3) is 0 Å². The molecule has 0 atom stereocenters. The second-order valence-electron chi connectivity index (χ2n) is 9.58. The molecule has 0 unspecified atom stereocenters. The van der Waals surface area contributed by atoms with Crippen LogP contribution >= 0.6 is 0 Å². The zero-order valence-corrected chi connectivity index (χ0v) is 26.8. The lowest BCUT2D eigenvalue weighted by atomic mass is 9.92. The largest absolute Gasteiger partial charge is 0.481 e. The first kappa shape index (κ1) is 45.3. The summed E-state index contributed by atoms with van der Waals surface area (Å²) in [5.74, 6) is -6.66. The highest BCUT2D eigenvalue weighted by Gasteiger charge is 2.38. The molecule has 0 aromatic rings. The number of carbonyl (C=O) groups is 8. The minimum absolute atomic E-state index is 0.330. The van der Waals surface area contributed by atoms with Crippen LogP contribution in [-0.4, -0.2) is 111 Å². The number of hydrogen-bond acceptors (Lipinski definition) is 16. The van der Waals surface area contributed by atoms with Crippen LogP contribution in [0.1, 0.15) is 12.8 Å². The van der Waals surface area contributed by atoms with E-state index in [4.69, 9.17) is 38.3 Å². The molecule has 0 saturated heterocycles. The van der Waals surface area contributed by atoms with Crippen molar-refractivity contribution in [2.24, 2.45) is 10.8 Å². The number of aliphatic hydroxyl groups is 1. The third-order valence-electron chi connectivity index (χ3n) is 5.54. The summed E-state index contributed by atoms with van der Waals surface area (Å²) in [5.41, 5.74) is -2.73. The van der Waals surface area contributed by atoms with E-state index in [2.05, 4.69) is 39.5 Å². The Hall–Kier alpha value is -5.84. The lowest BCUT2D eigenvalue weighted by Gasteiger charge is -2.31. The molecule has 0 aliphatic carbocycles. The summed E-state index contributed by atoms with van der Waals surface area (Å²) in [7, 11) is 0. The van der Waals surface area contributed by atoms with Crippen molar-refractivity contribution in [3.8, 4) is 0 Å². The highest BCUT2D eigenvalue weighted by atomic mass is 16.6. The summed E-state index contributed by atoms with van der Waals surface area (Å²) < 4.78 is 34.3. The van der Waals surface area contributed by atoms with Gasteiger partial charge in [-0.1, -0.05) is 39.5 Å². The van der Waals surface area contributed by atoms with Crippen molar-refractivity contribution < 1.29 is 81.7 Å². The minimum Gasteiger partial charge on any atom is -0.481 e. The molecule has 0 radical (unpaired) electrons. The van der Waals surface area contributed by atoms with Crippen LogP contribution in [0.3, 0.4) is 0 Å². The molecule has 49 heavy (non-hydrogen) atoms. The number of ether oxygens (including phenoxy) is 7. The van der Waals surface area contributed by atoms with E-state index in [0.29, 0.717) is 0 Å². The number of carboxylic acids is 1. The molecule has 0 rings (SSSR count). The summed E-state index contributed by atoms with van der Waals surface area (Å²) in [6.07, 6.45) is 4.61. The fourth-order valence-corrected chi connectivity index (χ4v) is 2.73. The molecule has 0 bridgehead atoms. The van der Waals surface area contributed by atoms with Crippen molar-refractivity contribution in [1.82, 2.24) is 0 Å². The second kappa shape index (κ2) is 25.3. The molecular weight excluding hydrogens is 656 g/mol. The van der Waals surface area contributed by atoms with Gasteiger partial charge in [-0.05, 0) is 0 Å². The van der Waals surface area contributed by atoms with Crippen LogP contribution in [0.2, 0.25) is 0 Å². The van der Waals surface area contributed by atoms with Crippen molar-refractivity contribution in [3.63, 3.8) is 0 Å². The molecule has 0 aromatic heterocycles. The summed E-state index contributed by atoms with van der Waals surface area (Å²) in [5, 5.41) is 18.1. The Morgan fingerprint density at radius 2 is 0.673 bits per heavy atom. The first-order valence-corrected chi connectivity index (χ1v) is 13.8. The normalized spacial score (nSPS) is 10.1. The Balaban J connectivity index is 0. The fraction of sp³-hybridized carbons (Fsp3) is 0.375. The van der Waals surface area contributed by atoms with Gasteiger partial charge in [0.2, 0.25) is 0 Å². The average Bonchev–Trinajstić information content (AvgIpc) is 3.12. The van der Waals surface area contributed by atoms with Crippen molar-refractivity contribution in [2.45, 2.75) is 12.8 Å². The quantitative estimate of drug-likeness (QED) is 0.0802. The van der Waals surface area contributed by atoms with E-state index in [-0.39, 0.29) is 19.8 Å². The predicted octanol–water partition coefficient (Wildman–Crippen LogP) is 0.721. The zero-order chi connectivity index (χ0) is 37.9. The van der Waals surface area contributed by atoms with E-state index in [1.807, 2.05) is 0 Å². The molecule has 0 amide bonds. The topological polar surface area (TPSA) is 242 Å². The van der Waals surface area contributed by atoms with Crippen molar-refractivity contribution in [2.75, 3.05) is 52.9 Å². The maximum atomic E-state index is 11.7. The van der Waals surface area contributed by atoms with E-state index < -0.39 is 104 Å². The van der Waals surface area contributed by atoms with Gasteiger partial charge in [-0.2, -0.15) is 0 Å². The number of aliphatic carboxylic acids is 1. The Labute approximate surface area is 282 Å². The molecule has 0 heterocycles. The lowest BCUT2D eigenvalue weighted by Crippen LogP contribution is -2.43. The van der Waals surface area contributed by atoms with Crippen LogP contribution in [0.5, 0.6) is 0 Å². The van der Waals surface area contributed by atoms with Crippen LogP contribution in [0, 0.1) is 10.8 Å². The molecule has 270 valence electrons. The van der Waals surface area contributed by atoms with Gasteiger partial charge in [0.25, 0.3) is 0 Å². The molecular formula is C32H40O17. The van der Waals surface area contributed by atoms with E-state index in [1.165, 1.54) is 0 Å². The van der Waals surface area contributed by atoms with E-state index in [1.54, 1.807) is 0 Å². The average molecular weight is 697 g/mol. The summed E-state index contributed by atoms with van der Waals surface area (Å²) >= 11 is 0. The van der Waals surface area contributed by atoms with E-state index >= 15 is 0 Å². The Morgan fingerprint density at radius 1 is 0.429 bits per heavy atom. The van der Waals surface area contributed by atoms with E-state index in [0.717, 1.165) is 36.5 Å². The standard InChI is InChI=1S/C18H22O10.C14H18O7/c1-4-14(21)25-9-18(10-26-15(22)5-2,11-27-16(23)6-3)12-28-17(24)8-7-13(19)20;1-4-11(16)19-8-14(7-15,9-20-12(17)5-2)10-21-13(18)6-3/h4-6H,1-3,7-12H2,(H,19,20);4-6,15H,1-3,7-10H2. The maximum absolute atomic E-state index is 11.7. The van der Waals surface area contributed by atoms with Crippen molar-refractivity contribution >= 4 is 47.8 Å². The molecule has 0 aromatic carbocycles. The smallest absolute Gasteiger partial charge is 0.330 e. The molecule has 17 heteroatoms. The molecule has 0 aliphatic heterocycles. The van der Waals surface area contributed by atoms with Gasteiger partial charge in [0, 0.05) is 36.5 Å². The highest BCUT2D eigenvalue weighted by molar-refractivity contribution is 5.83. The number of hydrogen-bond donors (Lipinski definition) is 2. The van der Waals surface area contributed by atoms with Gasteiger partial charge in [-0.25, -0.2) is 28.8 Å². The third kappa shape index (κ3) is 21.6. The third-order valence-corrected chi connectivity index (χ3v) is 5.54. The van der Waals surface area contributed by atoms with Crippen LogP contribution in [0.4, 0.5) is 0 Å². The Kier molecular flexibility index (Phi) is 23.4. The number of carbonyl (C=O) groups excluding carboxylic acids is 7. The Morgan fingerprint density at radius 3 is 0.898 bits per heavy atom. The lowest BCUT2D eigenvalue weighted by molar-refractivity contribution is -0.167. The molecule has 0 aliphatic rings. The van der Waals surface area contributed by atoms with Gasteiger partial charge < -0.3 is 43.4 Å². The molecule has 2 N–H and O–H groups in total. The van der Waals surface area contributed by atoms with E-state index in [9.17, 15) is 43.5 Å². The molecule has 0 spiro atoms. The fourth-order valence-electron chi connectivity index (χ4n) is 2.73. The second-order valence-corrected chi connectivity index (χ2v) is 9.58. The first-order valence-electron chi connectivity index (χ1n) is 13.8. The SMILES string of the molecule is C=CC(=O)OCC(CO)(COC(=O)C=C)COC(=O)C=C.C=CC(=O)OCC(COC(=O)C=C)(COC(=O)C=C)COC(=O)CCC(=O)O. The number of rotatable bonds is 24. The van der Waals surface area contributed by atoms with Crippen molar-refractivity contribution in [1.29, 1.82) is 0 Å². The number of carboxylic acid groups (broad SMARTS) is 1. The van der Waals surface area contributed by atoms with Gasteiger partial charge >= 0.3 is 47.8 Å². The minimum atomic E-state index is -1.45. The number of aliphatic hydroxyl groups excluding tert-OH is 1. The van der Waals surface area contributed by atoms with Gasteiger partial charge in [0.05, 0.1) is 24.9 Å².